The normalized spacial score (nSPS) is 18.4. The van der Waals surface area contributed by atoms with Crippen LogP contribution in [-0.4, -0.2) is 32.5 Å². The van der Waals surface area contributed by atoms with Gasteiger partial charge in [0.2, 0.25) is 0 Å². The van der Waals surface area contributed by atoms with Gasteiger partial charge in [0.25, 0.3) is 0 Å². The third kappa shape index (κ3) is 3.06. The maximum absolute atomic E-state index is 11.1. The minimum absolute atomic E-state index is 0.127. The van der Waals surface area contributed by atoms with Gasteiger partial charge in [-0.1, -0.05) is 12.1 Å². The zero-order valence-electron chi connectivity index (χ0n) is 17.5. The summed E-state index contributed by atoms with van der Waals surface area (Å²) >= 11 is 0. The van der Waals surface area contributed by atoms with Gasteiger partial charge in [-0.25, -0.2) is 0 Å². The van der Waals surface area contributed by atoms with Crippen LogP contribution in [0.3, 0.4) is 0 Å². The monoisotopic (exact) mass is 393 g/mol. The molecule has 0 bridgehead atoms. The van der Waals surface area contributed by atoms with Crippen molar-refractivity contribution in [3.05, 3.63) is 47.5 Å². The molecule has 0 unspecified atom stereocenters. The van der Waals surface area contributed by atoms with Gasteiger partial charge in [0.15, 0.2) is 0 Å². The predicted octanol–water partition coefficient (Wildman–Crippen LogP) is 4.83. The lowest BCUT2D eigenvalue weighted by atomic mass is 9.83. The first-order valence-corrected chi connectivity index (χ1v) is 9.83. The summed E-state index contributed by atoms with van der Waals surface area (Å²) in [5, 5.41) is 16.5. The van der Waals surface area contributed by atoms with E-state index in [2.05, 4.69) is 19.2 Å². The maximum atomic E-state index is 11.1. The number of benzene rings is 3. The number of phenols is 1. The van der Waals surface area contributed by atoms with Crippen LogP contribution in [0.1, 0.15) is 31.0 Å². The van der Waals surface area contributed by atoms with Gasteiger partial charge in [0, 0.05) is 29.3 Å². The summed E-state index contributed by atoms with van der Waals surface area (Å²) in [7, 11) is 4.96. The summed E-state index contributed by atoms with van der Waals surface area (Å²) in [5.74, 6) is 2.41. The smallest absolute Gasteiger partial charge is 0.130 e. The number of aromatic hydroxyl groups is 1. The van der Waals surface area contributed by atoms with E-state index >= 15 is 0 Å². The lowest BCUT2D eigenvalue weighted by molar-refractivity contribution is 0.377. The second-order valence-corrected chi connectivity index (χ2v) is 7.56. The third-order valence-electron chi connectivity index (χ3n) is 5.79. The number of hydrogen-bond donors (Lipinski definition) is 2. The summed E-state index contributed by atoms with van der Waals surface area (Å²) in [5.41, 5.74) is 4.03. The molecule has 0 amide bonds. The van der Waals surface area contributed by atoms with Gasteiger partial charge in [-0.15, -0.1) is 0 Å². The summed E-state index contributed by atoms with van der Waals surface area (Å²) in [4.78, 5) is 0. The van der Waals surface area contributed by atoms with E-state index in [1.165, 1.54) is 0 Å². The Hall–Kier alpha value is -2.92. The number of rotatable bonds is 4. The van der Waals surface area contributed by atoms with E-state index in [-0.39, 0.29) is 11.8 Å². The molecule has 2 atom stereocenters. The third-order valence-corrected chi connectivity index (χ3v) is 5.79. The minimum atomic E-state index is 0.127. The first-order chi connectivity index (χ1) is 14.0. The number of hydrogen-bond acceptors (Lipinski definition) is 5. The standard InChI is InChI=1S/C24H27NO4/c1-13-11-17-22(14(2)25-13)21(29-5)12-18(26)23(17)16-9-10-20(28-4)24-15(16)7-6-8-19(24)27-3/h6-10,12-14,25-26H,11H2,1-5H3/t13-,14-/m0/s1. The van der Waals surface area contributed by atoms with Gasteiger partial charge in [-0.2, -0.15) is 0 Å². The van der Waals surface area contributed by atoms with Crippen molar-refractivity contribution >= 4 is 10.8 Å². The minimum Gasteiger partial charge on any atom is -0.507 e. The number of nitrogens with one attached hydrogen (secondary N) is 1. The Morgan fingerprint density at radius 3 is 2.31 bits per heavy atom. The van der Waals surface area contributed by atoms with E-state index in [4.69, 9.17) is 14.2 Å². The second kappa shape index (κ2) is 7.48. The van der Waals surface area contributed by atoms with Gasteiger partial charge in [-0.3, -0.25) is 0 Å². The SMILES string of the molecule is COc1cc(O)c(-c2ccc(OC)c3c(OC)cccc23)c2c1[C@H](C)N[C@@H](C)C2. The van der Waals surface area contributed by atoms with E-state index in [1.54, 1.807) is 27.4 Å². The molecular weight excluding hydrogens is 366 g/mol. The average Bonchev–Trinajstić information content (AvgIpc) is 2.71. The Balaban J connectivity index is 2.09. The van der Waals surface area contributed by atoms with Crippen molar-refractivity contribution in [3.63, 3.8) is 0 Å². The number of phenolic OH excluding ortho intramolecular Hbond substituents is 1. The zero-order valence-corrected chi connectivity index (χ0v) is 17.5. The predicted molar refractivity (Wildman–Crippen MR) is 115 cm³/mol. The fraction of sp³-hybridized carbons (Fsp3) is 0.333. The second-order valence-electron chi connectivity index (χ2n) is 7.56. The van der Waals surface area contributed by atoms with E-state index < -0.39 is 0 Å². The molecule has 3 aromatic rings. The average molecular weight is 393 g/mol. The Morgan fingerprint density at radius 2 is 1.62 bits per heavy atom. The fourth-order valence-electron chi connectivity index (χ4n) is 4.64. The van der Waals surface area contributed by atoms with Crippen LogP contribution >= 0.6 is 0 Å². The number of fused-ring (bicyclic) bond motifs is 2. The first-order valence-electron chi connectivity index (χ1n) is 9.83. The van der Waals surface area contributed by atoms with Crippen LogP contribution < -0.4 is 19.5 Å². The molecule has 0 saturated carbocycles. The van der Waals surface area contributed by atoms with Gasteiger partial charge < -0.3 is 24.6 Å². The molecule has 3 aromatic carbocycles. The number of methoxy groups -OCH3 is 3. The maximum Gasteiger partial charge on any atom is 0.130 e. The summed E-state index contributed by atoms with van der Waals surface area (Å²) < 4.78 is 16.8. The first kappa shape index (κ1) is 19.4. The highest BCUT2D eigenvalue weighted by molar-refractivity contribution is 6.05. The molecule has 1 aliphatic rings. The van der Waals surface area contributed by atoms with Crippen LogP contribution in [-0.2, 0) is 6.42 Å². The van der Waals surface area contributed by atoms with Gasteiger partial charge in [0.05, 0.1) is 26.7 Å². The number of ether oxygens (including phenoxy) is 3. The summed E-state index contributed by atoms with van der Waals surface area (Å²) in [6, 6.07) is 12.0. The van der Waals surface area contributed by atoms with Crippen molar-refractivity contribution in [1.82, 2.24) is 5.32 Å². The van der Waals surface area contributed by atoms with E-state index in [9.17, 15) is 5.11 Å². The molecule has 0 aromatic heterocycles. The van der Waals surface area contributed by atoms with Crippen molar-refractivity contribution in [2.75, 3.05) is 21.3 Å². The van der Waals surface area contributed by atoms with Crippen molar-refractivity contribution in [1.29, 1.82) is 0 Å². The largest absolute Gasteiger partial charge is 0.507 e. The molecule has 1 aliphatic heterocycles. The quantitative estimate of drug-likeness (QED) is 0.665. The van der Waals surface area contributed by atoms with Crippen molar-refractivity contribution in [3.8, 4) is 34.1 Å². The summed E-state index contributed by atoms with van der Waals surface area (Å²) in [6.07, 6.45) is 0.803. The molecule has 1 heterocycles. The summed E-state index contributed by atoms with van der Waals surface area (Å²) in [6.45, 7) is 4.29. The Morgan fingerprint density at radius 1 is 0.931 bits per heavy atom. The van der Waals surface area contributed by atoms with E-state index in [1.807, 2.05) is 30.3 Å². The fourth-order valence-corrected chi connectivity index (χ4v) is 4.64. The molecule has 5 heteroatoms. The Kier molecular flexibility index (Phi) is 5.01. The zero-order chi connectivity index (χ0) is 20.7. The molecule has 0 saturated heterocycles. The van der Waals surface area contributed by atoms with Crippen molar-refractivity contribution in [2.24, 2.45) is 0 Å². The van der Waals surface area contributed by atoms with Crippen LogP contribution in [0.4, 0.5) is 0 Å². The highest BCUT2D eigenvalue weighted by atomic mass is 16.5. The molecule has 2 N–H and O–H groups in total. The van der Waals surface area contributed by atoms with Gasteiger partial charge >= 0.3 is 0 Å². The molecule has 0 aliphatic carbocycles. The van der Waals surface area contributed by atoms with Crippen LogP contribution in [0, 0.1) is 0 Å². The molecule has 152 valence electrons. The molecule has 0 fully saturated rings. The van der Waals surface area contributed by atoms with Crippen LogP contribution in [0.2, 0.25) is 0 Å². The van der Waals surface area contributed by atoms with E-state index in [0.29, 0.717) is 11.8 Å². The molecular formula is C24H27NO4. The van der Waals surface area contributed by atoms with Gasteiger partial charge in [0.1, 0.15) is 23.0 Å². The van der Waals surface area contributed by atoms with E-state index in [0.717, 1.165) is 50.9 Å². The molecule has 0 spiro atoms. The Labute approximate surface area is 171 Å². The van der Waals surface area contributed by atoms with Gasteiger partial charge in [-0.05, 0) is 55.0 Å². The van der Waals surface area contributed by atoms with Crippen LogP contribution in [0.5, 0.6) is 23.0 Å². The van der Waals surface area contributed by atoms with Crippen molar-refractivity contribution in [2.45, 2.75) is 32.4 Å². The molecule has 0 radical (unpaired) electrons. The van der Waals surface area contributed by atoms with Crippen molar-refractivity contribution < 1.29 is 19.3 Å². The highest BCUT2D eigenvalue weighted by Crippen LogP contribution is 2.48. The lowest BCUT2D eigenvalue weighted by Crippen LogP contribution is -2.36. The lowest BCUT2D eigenvalue weighted by Gasteiger charge is -2.33. The van der Waals surface area contributed by atoms with Crippen LogP contribution in [0.25, 0.3) is 21.9 Å². The topological polar surface area (TPSA) is 60.0 Å². The molecule has 5 nitrogen and oxygen atoms in total. The highest BCUT2D eigenvalue weighted by Gasteiger charge is 2.30. The molecule has 4 rings (SSSR count). The van der Waals surface area contributed by atoms with Crippen LogP contribution in [0.15, 0.2) is 36.4 Å². The Bertz CT molecular complexity index is 1070. The molecule has 29 heavy (non-hydrogen) atoms.